The van der Waals surface area contributed by atoms with Crippen LogP contribution in [0.3, 0.4) is 0 Å². The number of hydrogen-bond acceptors (Lipinski definition) is 4. The second-order valence-corrected chi connectivity index (χ2v) is 6.14. The molecule has 124 valence electrons. The van der Waals surface area contributed by atoms with Crippen molar-refractivity contribution in [3.63, 3.8) is 0 Å². The molecule has 1 aliphatic heterocycles. The van der Waals surface area contributed by atoms with E-state index in [1.165, 1.54) is 0 Å². The number of aromatic nitrogens is 1. The Labute approximate surface area is 142 Å². The number of benzene rings is 1. The van der Waals surface area contributed by atoms with Gasteiger partial charge >= 0.3 is 0 Å². The van der Waals surface area contributed by atoms with Gasteiger partial charge in [0.1, 0.15) is 11.9 Å². The van der Waals surface area contributed by atoms with Gasteiger partial charge in [0.25, 0.3) is 0 Å². The number of nitriles is 1. The predicted octanol–water partition coefficient (Wildman–Crippen LogP) is 2.95. The number of amides is 1. The molecule has 2 heterocycles. The lowest BCUT2D eigenvalue weighted by atomic mass is 10.1. The minimum absolute atomic E-state index is 0.239. The first kappa shape index (κ1) is 16.3. The van der Waals surface area contributed by atoms with E-state index in [9.17, 15) is 10.1 Å². The molecule has 1 aliphatic rings. The highest BCUT2D eigenvalue weighted by molar-refractivity contribution is 5.83. The maximum Gasteiger partial charge on any atom is 0.222 e. The molecule has 0 saturated carbocycles. The van der Waals surface area contributed by atoms with E-state index in [2.05, 4.69) is 22.9 Å². The third-order valence-corrected chi connectivity index (χ3v) is 4.50. The average Bonchev–Trinajstić information content (AvgIpc) is 2.65. The number of carbonyl (C=O) groups excluding carboxylic acids is 1. The molecule has 3 rings (SSSR count). The molecule has 2 aromatic rings. The van der Waals surface area contributed by atoms with Gasteiger partial charge in [-0.1, -0.05) is 31.5 Å². The van der Waals surface area contributed by atoms with Crippen LogP contribution in [-0.2, 0) is 4.79 Å². The number of nitrogens with zero attached hydrogens (tertiary/aromatic N) is 4. The molecule has 0 atom stereocenters. The molecule has 1 aromatic carbocycles. The van der Waals surface area contributed by atoms with E-state index in [-0.39, 0.29) is 5.91 Å². The van der Waals surface area contributed by atoms with Crippen LogP contribution in [0.15, 0.2) is 30.3 Å². The Morgan fingerprint density at radius 3 is 2.71 bits per heavy atom. The third-order valence-electron chi connectivity index (χ3n) is 4.50. The first-order valence-electron chi connectivity index (χ1n) is 8.55. The van der Waals surface area contributed by atoms with Crippen LogP contribution in [0.4, 0.5) is 5.82 Å². The monoisotopic (exact) mass is 322 g/mol. The molecule has 24 heavy (non-hydrogen) atoms. The Morgan fingerprint density at radius 1 is 1.25 bits per heavy atom. The SMILES string of the molecule is CCCCC(=O)N1CCN(c2nc3ccccc3cc2C#N)CC1. The minimum Gasteiger partial charge on any atom is -0.352 e. The van der Waals surface area contributed by atoms with Crippen molar-refractivity contribution >= 4 is 22.6 Å². The molecule has 1 amide bonds. The molecule has 1 aromatic heterocycles. The fourth-order valence-electron chi connectivity index (χ4n) is 3.08. The van der Waals surface area contributed by atoms with Gasteiger partial charge in [0.15, 0.2) is 0 Å². The zero-order valence-electron chi connectivity index (χ0n) is 14.0. The molecule has 0 bridgehead atoms. The summed E-state index contributed by atoms with van der Waals surface area (Å²) in [7, 11) is 0. The number of pyridine rings is 1. The first-order valence-corrected chi connectivity index (χ1v) is 8.55. The number of rotatable bonds is 4. The molecule has 0 N–H and O–H groups in total. The van der Waals surface area contributed by atoms with Crippen molar-refractivity contribution in [1.29, 1.82) is 5.26 Å². The minimum atomic E-state index is 0.239. The molecule has 1 saturated heterocycles. The van der Waals surface area contributed by atoms with Crippen LogP contribution in [0.1, 0.15) is 31.7 Å². The van der Waals surface area contributed by atoms with E-state index >= 15 is 0 Å². The van der Waals surface area contributed by atoms with Crippen LogP contribution in [0, 0.1) is 11.3 Å². The number of carbonyl (C=O) groups is 1. The van der Waals surface area contributed by atoms with Gasteiger partial charge in [-0.15, -0.1) is 0 Å². The van der Waals surface area contributed by atoms with Crippen LogP contribution >= 0.6 is 0 Å². The quantitative estimate of drug-likeness (QED) is 0.868. The largest absolute Gasteiger partial charge is 0.352 e. The van der Waals surface area contributed by atoms with Gasteiger partial charge in [-0.05, 0) is 18.6 Å². The van der Waals surface area contributed by atoms with Gasteiger partial charge in [-0.25, -0.2) is 4.98 Å². The van der Waals surface area contributed by atoms with E-state index in [0.29, 0.717) is 25.1 Å². The Balaban J connectivity index is 1.75. The Hall–Kier alpha value is -2.61. The van der Waals surface area contributed by atoms with Crippen LogP contribution in [-0.4, -0.2) is 42.0 Å². The van der Waals surface area contributed by atoms with Crippen LogP contribution in [0.5, 0.6) is 0 Å². The summed E-state index contributed by atoms with van der Waals surface area (Å²) < 4.78 is 0. The van der Waals surface area contributed by atoms with Crippen molar-refractivity contribution in [2.24, 2.45) is 0 Å². The number of anilines is 1. The molecule has 5 heteroatoms. The highest BCUT2D eigenvalue weighted by Crippen LogP contribution is 2.24. The smallest absolute Gasteiger partial charge is 0.222 e. The topological polar surface area (TPSA) is 60.2 Å². The van der Waals surface area contributed by atoms with E-state index < -0.39 is 0 Å². The van der Waals surface area contributed by atoms with E-state index in [1.807, 2.05) is 35.2 Å². The second-order valence-electron chi connectivity index (χ2n) is 6.14. The summed E-state index contributed by atoms with van der Waals surface area (Å²) in [6.07, 6.45) is 2.62. The summed E-state index contributed by atoms with van der Waals surface area (Å²) in [4.78, 5) is 20.9. The van der Waals surface area contributed by atoms with E-state index in [1.54, 1.807) is 0 Å². The predicted molar refractivity (Wildman–Crippen MR) is 94.8 cm³/mol. The van der Waals surface area contributed by atoms with Gasteiger partial charge < -0.3 is 9.80 Å². The second kappa shape index (κ2) is 7.31. The van der Waals surface area contributed by atoms with Gasteiger partial charge in [-0.3, -0.25) is 4.79 Å². The normalized spacial score (nSPS) is 14.7. The zero-order valence-corrected chi connectivity index (χ0v) is 14.0. The number of fused-ring (bicyclic) bond motifs is 1. The summed E-state index contributed by atoms with van der Waals surface area (Å²) in [5, 5.41) is 10.4. The molecule has 0 radical (unpaired) electrons. The number of piperazine rings is 1. The zero-order chi connectivity index (χ0) is 16.9. The summed E-state index contributed by atoms with van der Waals surface area (Å²) in [6, 6.07) is 12.0. The lowest BCUT2D eigenvalue weighted by Crippen LogP contribution is -2.49. The molecular formula is C19H22N4O. The molecule has 0 aliphatic carbocycles. The van der Waals surface area contributed by atoms with Gasteiger partial charge in [0.05, 0.1) is 11.1 Å². The van der Waals surface area contributed by atoms with Crippen molar-refractivity contribution in [3.8, 4) is 6.07 Å². The molecule has 5 nitrogen and oxygen atoms in total. The van der Waals surface area contributed by atoms with Crippen molar-refractivity contribution in [3.05, 3.63) is 35.9 Å². The summed E-state index contributed by atoms with van der Waals surface area (Å²) in [6.45, 7) is 4.93. The summed E-state index contributed by atoms with van der Waals surface area (Å²) in [5.41, 5.74) is 1.49. The third kappa shape index (κ3) is 3.33. The molecular weight excluding hydrogens is 300 g/mol. The van der Waals surface area contributed by atoms with E-state index in [4.69, 9.17) is 0 Å². The van der Waals surface area contributed by atoms with Crippen molar-refractivity contribution < 1.29 is 4.79 Å². The van der Waals surface area contributed by atoms with Crippen molar-refractivity contribution in [2.45, 2.75) is 26.2 Å². The maximum atomic E-state index is 12.1. The van der Waals surface area contributed by atoms with Crippen molar-refractivity contribution in [2.75, 3.05) is 31.1 Å². The van der Waals surface area contributed by atoms with Gasteiger partial charge in [-0.2, -0.15) is 5.26 Å². The lowest BCUT2D eigenvalue weighted by Gasteiger charge is -2.36. The molecule has 0 spiro atoms. The summed E-state index contributed by atoms with van der Waals surface area (Å²) >= 11 is 0. The molecule has 0 unspecified atom stereocenters. The number of para-hydroxylation sites is 1. The van der Waals surface area contributed by atoms with Crippen molar-refractivity contribution in [1.82, 2.24) is 9.88 Å². The first-order chi connectivity index (χ1) is 11.7. The van der Waals surface area contributed by atoms with Crippen LogP contribution in [0.2, 0.25) is 0 Å². The standard InChI is InChI=1S/C19H22N4O/c1-2-3-8-18(24)22-9-11-23(12-10-22)19-16(14-20)13-15-6-4-5-7-17(15)21-19/h4-7,13H,2-3,8-12H2,1H3. The van der Waals surface area contributed by atoms with Gasteiger partial charge in [0, 0.05) is 38.0 Å². The number of unbranched alkanes of at least 4 members (excludes halogenated alkanes) is 1. The fraction of sp³-hybridized carbons (Fsp3) is 0.421. The number of hydrogen-bond donors (Lipinski definition) is 0. The fourth-order valence-corrected chi connectivity index (χ4v) is 3.08. The lowest BCUT2D eigenvalue weighted by molar-refractivity contribution is -0.131. The van der Waals surface area contributed by atoms with Crippen LogP contribution in [0.25, 0.3) is 10.9 Å². The highest BCUT2D eigenvalue weighted by Gasteiger charge is 2.23. The average molecular weight is 322 g/mol. The Kier molecular flexibility index (Phi) is 4.95. The Bertz CT molecular complexity index is 773. The van der Waals surface area contributed by atoms with Gasteiger partial charge in [0.2, 0.25) is 5.91 Å². The molecule has 1 fully saturated rings. The highest BCUT2D eigenvalue weighted by atomic mass is 16.2. The summed E-state index contributed by atoms with van der Waals surface area (Å²) in [5.74, 6) is 0.973. The van der Waals surface area contributed by atoms with E-state index in [0.717, 1.165) is 42.7 Å². The Morgan fingerprint density at radius 2 is 2.00 bits per heavy atom. The maximum absolute atomic E-state index is 12.1. The van der Waals surface area contributed by atoms with Crippen LogP contribution < -0.4 is 4.90 Å².